The molecule has 1 aromatic heterocycles. The van der Waals surface area contributed by atoms with E-state index in [0.29, 0.717) is 24.1 Å². The second kappa shape index (κ2) is 11.8. The molecule has 0 amide bonds. The molecule has 0 radical (unpaired) electrons. The molecular weight excluding hydrogens is 460 g/mol. The van der Waals surface area contributed by atoms with Crippen LogP contribution in [0.5, 0.6) is 0 Å². The van der Waals surface area contributed by atoms with Crippen LogP contribution in [-0.4, -0.2) is 38.3 Å². The first kappa shape index (κ1) is 23.2. The number of benzene rings is 1. The van der Waals surface area contributed by atoms with Gasteiger partial charge in [-0.25, -0.2) is 4.39 Å². The molecule has 0 saturated heterocycles. The molecule has 0 aliphatic rings. The lowest BCUT2D eigenvalue weighted by molar-refractivity contribution is 0.372. The van der Waals surface area contributed by atoms with E-state index < -0.39 is 0 Å². The van der Waals surface area contributed by atoms with Gasteiger partial charge in [-0.15, -0.1) is 24.0 Å². The number of rotatable bonds is 8. The Balaban J connectivity index is 0.00000364. The molecule has 0 atom stereocenters. The maximum atomic E-state index is 13.7. The van der Waals surface area contributed by atoms with Gasteiger partial charge in [-0.05, 0) is 24.5 Å². The van der Waals surface area contributed by atoms with Gasteiger partial charge >= 0.3 is 0 Å². The Hall–Kier alpha value is -1.84. The summed E-state index contributed by atoms with van der Waals surface area (Å²) in [5.74, 6) is 1.61. The van der Waals surface area contributed by atoms with Gasteiger partial charge in [0.25, 0.3) is 0 Å². The summed E-state index contributed by atoms with van der Waals surface area (Å²) >= 11 is 0. The number of para-hydroxylation sites is 1. The van der Waals surface area contributed by atoms with Gasteiger partial charge in [0, 0.05) is 33.3 Å². The van der Waals surface area contributed by atoms with Crippen LogP contribution in [0.15, 0.2) is 39.8 Å². The van der Waals surface area contributed by atoms with Crippen molar-refractivity contribution in [3.8, 4) is 0 Å². The van der Waals surface area contributed by atoms with Crippen LogP contribution >= 0.6 is 24.0 Å². The fraction of sp³-hybridized carbons (Fsp3) is 0.474. The second-order valence-electron chi connectivity index (χ2n) is 6.45. The Labute approximate surface area is 177 Å². The molecule has 0 aliphatic carbocycles. The summed E-state index contributed by atoms with van der Waals surface area (Å²) in [6, 6.07) is 8.75. The van der Waals surface area contributed by atoms with E-state index in [2.05, 4.69) is 34.6 Å². The summed E-state index contributed by atoms with van der Waals surface area (Å²) in [6.07, 6.45) is 0.853. The van der Waals surface area contributed by atoms with Crippen LogP contribution < -0.4 is 15.5 Å². The van der Waals surface area contributed by atoms with E-state index in [1.54, 1.807) is 19.2 Å². The van der Waals surface area contributed by atoms with Gasteiger partial charge in [0.05, 0.1) is 17.9 Å². The molecule has 2 N–H and O–H groups in total. The average Bonchev–Trinajstić information content (AvgIpc) is 3.10. The highest BCUT2D eigenvalue weighted by atomic mass is 127. The predicted molar refractivity (Wildman–Crippen MR) is 118 cm³/mol. The molecule has 1 aromatic carbocycles. The standard InChI is InChI=1S/C19H28FN5O.HI/c1-14(2)17-12-15(26-24-17)13-23-19(21-3)22-10-7-11-25(4)18-9-6-5-8-16(18)20;/h5-6,8-9,12,14H,7,10-11,13H2,1-4H3,(H2,21,22,23);1H. The summed E-state index contributed by atoms with van der Waals surface area (Å²) in [6.45, 7) is 6.15. The molecule has 0 saturated carbocycles. The number of halogens is 2. The van der Waals surface area contributed by atoms with E-state index in [1.165, 1.54) is 6.07 Å². The van der Waals surface area contributed by atoms with Crippen molar-refractivity contribution >= 4 is 35.6 Å². The molecule has 6 nitrogen and oxygen atoms in total. The van der Waals surface area contributed by atoms with E-state index in [0.717, 1.165) is 31.0 Å². The van der Waals surface area contributed by atoms with Crippen LogP contribution in [0, 0.1) is 5.82 Å². The van der Waals surface area contributed by atoms with Gasteiger partial charge < -0.3 is 20.1 Å². The summed E-state index contributed by atoms with van der Waals surface area (Å²) < 4.78 is 19.0. The van der Waals surface area contributed by atoms with Crippen molar-refractivity contribution in [3.63, 3.8) is 0 Å². The quantitative estimate of drug-likeness (QED) is 0.256. The van der Waals surface area contributed by atoms with Crippen molar-refractivity contribution in [3.05, 3.63) is 47.6 Å². The van der Waals surface area contributed by atoms with Crippen LogP contribution in [0.25, 0.3) is 0 Å². The molecule has 0 aliphatic heterocycles. The topological polar surface area (TPSA) is 65.7 Å². The monoisotopic (exact) mass is 489 g/mol. The molecule has 0 fully saturated rings. The fourth-order valence-electron chi connectivity index (χ4n) is 2.48. The SMILES string of the molecule is CN=C(NCCCN(C)c1ccccc1F)NCc1cc(C(C)C)no1.I. The lowest BCUT2D eigenvalue weighted by Gasteiger charge is -2.20. The predicted octanol–water partition coefficient (Wildman–Crippen LogP) is 3.75. The number of nitrogens with one attached hydrogen (secondary N) is 2. The molecule has 0 unspecified atom stereocenters. The molecule has 0 spiro atoms. The summed E-state index contributed by atoms with van der Waals surface area (Å²) in [7, 11) is 3.61. The van der Waals surface area contributed by atoms with Crippen molar-refractivity contribution < 1.29 is 8.91 Å². The third-order valence-electron chi connectivity index (χ3n) is 4.05. The number of guanidine groups is 1. The van der Waals surface area contributed by atoms with E-state index in [1.807, 2.05) is 24.1 Å². The van der Waals surface area contributed by atoms with E-state index in [4.69, 9.17) is 4.52 Å². The first-order valence-electron chi connectivity index (χ1n) is 8.87. The molecular formula is C19H29FIN5O. The Kier molecular flexibility index (Phi) is 10.1. The van der Waals surface area contributed by atoms with Gasteiger partial charge in [0.1, 0.15) is 5.82 Å². The maximum Gasteiger partial charge on any atom is 0.191 e. The largest absolute Gasteiger partial charge is 0.372 e. The van der Waals surface area contributed by atoms with E-state index in [9.17, 15) is 4.39 Å². The van der Waals surface area contributed by atoms with Crippen molar-refractivity contribution in [1.29, 1.82) is 0 Å². The number of hydrogen-bond donors (Lipinski definition) is 2. The molecule has 2 rings (SSSR count). The van der Waals surface area contributed by atoms with Gasteiger partial charge in [-0.2, -0.15) is 0 Å². The molecule has 0 bridgehead atoms. The van der Waals surface area contributed by atoms with Gasteiger partial charge in [-0.1, -0.05) is 31.1 Å². The highest BCUT2D eigenvalue weighted by Gasteiger charge is 2.09. The normalized spacial score (nSPS) is 11.3. The van der Waals surface area contributed by atoms with Gasteiger partial charge in [0.2, 0.25) is 0 Å². The molecule has 150 valence electrons. The zero-order valence-corrected chi connectivity index (χ0v) is 18.7. The first-order valence-corrected chi connectivity index (χ1v) is 8.87. The van der Waals surface area contributed by atoms with Crippen molar-refractivity contribution in [2.24, 2.45) is 4.99 Å². The summed E-state index contributed by atoms with van der Waals surface area (Å²) in [4.78, 5) is 6.10. The number of aromatic nitrogens is 1. The minimum absolute atomic E-state index is 0. The van der Waals surface area contributed by atoms with E-state index >= 15 is 0 Å². The first-order chi connectivity index (χ1) is 12.5. The third kappa shape index (κ3) is 7.36. The maximum absolute atomic E-state index is 13.7. The van der Waals surface area contributed by atoms with Gasteiger partial charge in [0.15, 0.2) is 11.7 Å². The van der Waals surface area contributed by atoms with E-state index in [-0.39, 0.29) is 29.8 Å². The Morgan fingerprint density at radius 1 is 1.30 bits per heavy atom. The minimum atomic E-state index is -0.201. The zero-order valence-electron chi connectivity index (χ0n) is 16.3. The molecule has 8 heteroatoms. The van der Waals surface area contributed by atoms with Crippen molar-refractivity contribution in [2.45, 2.75) is 32.7 Å². The number of nitrogens with zero attached hydrogens (tertiary/aromatic N) is 3. The van der Waals surface area contributed by atoms with Crippen LogP contribution in [0.1, 0.15) is 37.6 Å². The van der Waals surface area contributed by atoms with Crippen LogP contribution in [0.4, 0.5) is 10.1 Å². The number of anilines is 1. The Morgan fingerprint density at radius 2 is 2.04 bits per heavy atom. The number of aliphatic imine (C=N–C) groups is 1. The summed E-state index contributed by atoms with van der Waals surface area (Å²) in [5, 5.41) is 10.5. The fourth-order valence-corrected chi connectivity index (χ4v) is 2.48. The molecule has 27 heavy (non-hydrogen) atoms. The second-order valence-corrected chi connectivity index (χ2v) is 6.45. The highest BCUT2D eigenvalue weighted by molar-refractivity contribution is 14.0. The minimum Gasteiger partial charge on any atom is -0.372 e. The number of hydrogen-bond acceptors (Lipinski definition) is 4. The molecule has 1 heterocycles. The Bertz CT molecular complexity index is 720. The van der Waals surface area contributed by atoms with Crippen molar-refractivity contribution in [1.82, 2.24) is 15.8 Å². The zero-order chi connectivity index (χ0) is 18.9. The van der Waals surface area contributed by atoms with Crippen molar-refractivity contribution in [2.75, 3.05) is 32.1 Å². The Morgan fingerprint density at radius 3 is 2.67 bits per heavy atom. The van der Waals surface area contributed by atoms with Crippen LogP contribution in [0.2, 0.25) is 0 Å². The lowest BCUT2D eigenvalue weighted by atomic mass is 10.1. The lowest BCUT2D eigenvalue weighted by Crippen LogP contribution is -2.38. The smallest absolute Gasteiger partial charge is 0.191 e. The average molecular weight is 489 g/mol. The third-order valence-corrected chi connectivity index (χ3v) is 4.05. The van der Waals surface area contributed by atoms with Crippen LogP contribution in [-0.2, 0) is 6.54 Å². The highest BCUT2D eigenvalue weighted by Crippen LogP contribution is 2.17. The van der Waals surface area contributed by atoms with Gasteiger partial charge in [-0.3, -0.25) is 4.99 Å². The van der Waals surface area contributed by atoms with Crippen LogP contribution in [0.3, 0.4) is 0 Å². The summed E-state index contributed by atoms with van der Waals surface area (Å²) in [5.41, 5.74) is 1.56. The molecule has 2 aromatic rings.